The molecule has 30 heavy (non-hydrogen) atoms. The molecule has 2 heterocycles. The Morgan fingerprint density at radius 1 is 0.767 bits per heavy atom. The number of carbonyl (C=O) groups excluding carboxylic acids is 2. The monoisotopic (exact) mass is 430 g/mol. The standard InChI is InChI=1S/C20H34N2O8/c1-19(17(23)21(3)4)27-11-15(12-28-19)25-9-7-8-10-26-16-13-29-20(2,30-14-16)18(24)22(5)6/h7-8,15-16H,9-14H2,1-6H3. The fraction of sp³-hybridized carbons (Fsp3) is 0.800. The molecule has 0 spiro atoms. The third-order valence-corrected chi connectivity index (χ3v) is 4.79. The molecule has 172 valence electrons. The van der Waals surface area contributed by atoms with Gasteiger partial charge in [0.25, 0.3) is 11.8 Å². The van der Waals surface area contributed by atoms with E-state index in [0.717, 1.165) is 0 Å². The smallest absolute Gasteiger partial charge is 0.282 e. The maximum Gasteiger partial charge on any atom is 0.282 e. The number of nitrogens with zero attached hydrogens (tertiary/aromatic N) is 2. The molecule has 0 atom stereocenters. The Balaban J connectivity index is 1.59. The van der Waals surface area contributed by atoms with Crippen molar-refractivity contribution in [2.24, 2.45) is 0 Å². The summed E-state index contributed by atoms with van der Waals surface area (Å²) in [6.07, 6.45) is 3.18. The summed E-state index contributed by atoms with van der Waals surface area (Å²) in [6.45, 7) is 5.08. The molecule has 2 fully saturated rings. The lowest BCUT2D eigenvalue weighted by Crippen LogP contribution is -2.54. The largest absolute Gasteiger partial charge is 0.369 e. The lowest BCUT2D eigenvalue weighted by Gasteiger charge is -2.37. The number of ether oxygens (including phenoxy) is 6. The van der Waals surface area contributed by atoms with E-state index in [1.807, 2.05) is 12.2 Å². The Hall–Kier alpha value is -1.56. The van der Waals surface area contributed by atoms with Gasteiger partial charge in [0.1, 0.15) is 12.2 Å². The predicted molar refractivity (Wildman–Crippen MR) is 107 cm³/mol. The van der Waals surface area contributed by atoms with E-state index in [-0.39, 0.29) is 50.4 Å². The number of rotatable bonds is 8. The highest BCUT2D eigenvalue weighted by atomic mass is 16.7. The van der Waals surface area contributed by atoms with Crippen molar-refractivity contribution in [3.8, 4) is 0 Å². The minimum Gasteiger partial charge on any atom is -0.369 e. The van der Waals surface area contributed by atoms with E-state index >= 15 is 0 Å². The molecule has 10 heteroatoms. The average molecular weight is 430 g/mol. The third kappa shape index (κ3) is 6.47. The highest BCUT2D eigenvalue weighted by Gasteiger charge is 2.42. The van der Waals surface area contributed by atoms with E-state index < -0.39 is 11.6 Å². The SMILES string of the molecule is CN(C)C(=O)C1(C)OCC(OCC=CCOC2COC(C)(C(=O)N(C)C)OC2)CO1. The second kappa shape index (κ2) is 10.7. The number of carbonyl (C=O) groups is 2. The number of likely N-dealkylation sites (N-methyl/N-ethyl adjacent to an activating group) is 2. The average Bonchev–Trinajstić information content (AvgIpc) is 2.72. The molecule has 0 aliphatic carbocycles. The Kier molecular flexibility index (Phi) is 8.77. The molecule has 10 nitrogen and oxygen atoms in total. The van der Waals surface area contributed by atoms with E-state index in [4.69, 9.17) is 28.4 Å². The molecule has 0 N–H and O–H groups in total. The first kappa shape index (κ1) is 24.7. The first-order chi connectivity index (χ1) is 14.1. The van der Waals surface area contributed by atoms with Gasteiger partial charge in [-0.1, -0.05) is 12.2 Å². The van der Waals surface area contributed by atoms with Gasteiger partial charge in [-0.3, -0.25) is 9.59 Å². The first-order valence-electron chi connectivity index (χ1n) is 9.95. The minimum atomic E-state index is -1.26. The zero-order valence-corrected chi connectivity index (χ0v) is 18.7. The van der Waals surface area contributed by atoms with Crippen LogP contribution in [0.25, 0.3) is 0 Å². The van der Waals surface area contributed by atoms with Crippen molar-refractivity contribution in [2.75, 3.05) is 67.8 Å². The molecule has 2 aliphatic rings. The van der Waals surface area contributed by atoms with Crippen molar-refractivity contribution < 1.29 is 38.0 Å². The van der Waals surface area contributed by atoms with Crippen LogP contribution < -0.4 is 0 Å². The zero-order chi connectivity index (χ0) is 22.4. The van der Waals surface area contributed by atoms with Crippen LogP contribution in [0, 0.1) is 0 Å². The molecule has 0 radical (unpaired) electrons. The van der Waals surface area contributed by atoms with Crippen LogP contribution in [-0.2, 0) is 38.0 Å². The lowest BCUT2D eigenvalue weighted by molar-refractivity contribution is -0.278. The highest BCUT2D eigenvalue weighted by molar-refractivity contribution is 5.83. The molecule has 2 rings (SSSR count). The van der Waals surface area contributed by atoms with Crippen LogP contribution >= 0.6 is 0 Å². The van der Waals surface area contributed by atoms with Crippen LogP contribution in [0.15, 0.2) is 12.2 Å². The second-order valence-corrected chi connectivity index (χ2v) is 7.92. The summed E-state index contributed by atoms with van der Waals surface area (Å²) < 4.78 is 33.6. The molecule has 0 aromatic carbocycles. The van der Waals surface area contributed by atoms with Crippen molar-refractivity contribution in [1.29, 1.82) is 0 Å². The van der Waals surface area contributed by atoms with Gasteiger partial charge in [0.05, 0.1) is 39.6 Å². The van der Waals surface area contributed by atoms with Gasteiger partial charge in [-0.15, -0.1) is 0 Å². The van der Waals surface area contributed by atoms with Gasteiger partial charge in [0, 0.05) is 28.2 Å². The molecular formula is C20H34N2O8. The fourth-order valence-corrected chi connectivity index (χ4v) is 2.96. The normalized spacial score (nSPS) is 32.2. The highest BCUT2D eigenvalue weighted by Crippen LogP contribution is 2.22. The van der Waals surface area contributed by atoms with E-state index in [1.165, 1.54) is 9.80 Å². The molecule has 0 unspecified atom stereocenters. The maximum absolute atomic E-state index is 12.1. The summed E-state index contributed by atoms with van der Waals surface area (Å²) in [5.41, 5.74) is 0. The first-order valence-corrected chi connectivity index (χ1v) is 9.95. The molecule has 0 aromatic heterocycles. The number of amides is 2. The molecule has 2 aliphatic heterocycles. The molecule has 0 saturated carbocycles. The Labute approximate surface area is 177 Å². The van der Waals surface area contributed by atoms with E-state index in [1.54, 1.807) is 42.0 Å². The second-order valence-electron chi connectivity index (χ2n) is 7.92. The molecular weight excluding hydrogens is 396 g/mol. The summed E-state index contributed by atoms with van der Waals surface area (Å²) in [4.78, 5) is 27.0. The van der Waals surface area contributed by atoms with E-state index in [9.17, 15) is 9.59 Å². The summed E-state index contributed by atoms with van der Waals surface area (Å²) in [7, 11) is 6.62. The predicted octanol–water partition coefficient (Wildman–Crippen LogP) is 0.0154. The van der Waals surface area contributed by atoms with Gasteiger partial charge < -0.3 is 38.2 Å². The molecule has 0 bridgehead atoms. The molecule has 2 saturated heterocycles. The Morgan fingerprint density at radius 3 is 1.33 bits per heavy atom. The lowest BCUT2D eigenvalue weighted by atomic mass is 10.2. The van der Waals surface area contributed by atoms with Crippen LogP contribution in [-0.4, -0.2) is 113 Å². The fourth-order valence-electron chi connectivity index (χ4n) is 2.96. The van der Waals surface area contributed by atoms with Crippen molar-refractivity contribution in [1.82, 2.24) is 9.80 Å². The van der Waals surface area contributed by atoms with Crippen LogP contribution in [0.1, 0.15) is 13.8 Å². The topological polar surface area (TPSA) is 96.0 Å². The third-order valence-electron chi connectivity index (χ3n) is 4.79. The summed E-state index contributed by atoms with van der Waals surface area (Å²) in [6, 6.07) is 0. The van der Waals surface area contributed by atoms with Gasteiger partial charge in [0.15, 0.2) is 0 Å². The molecule has 0 aromatic rings. The van der Waals surface area contributed by atoms with Crippen molar-refractivity contribution in [2.45, 2.75) is 37.6 Å². The summed E-state index contributed by atoms with van der Waals surface area (Å²) >= 11 is 0. The van der Waals surface area contributed by atoms with Crippen LogP contribution in [0.4, 0.5) is 0 Å². The number of hydrogen-bond acceptors (Lipinski definition) is 8. The maximum atomic E-state index is 12.1. The van der Waals surface area contributed by atoms with Crippen LogP contribution in [0.3, 0.4) is 0 Å². The van der Waals surface area contributed by atoms with Crippen LogP contribution in [0.2, 0.25) is 0 Å². The van der Waals surface area contributed by atoms with Crippen LogP contribution in [0.5, 0.6) is 0 Å². The van der Waals surface area contributed by atoms with E-state index in [0.29, 0.717) is 13.2 Å². The quantitative estimate of drug-likeness (QED) is 0.497. The Bertz CT molecular complexity index is 554. The minimum absolute atomic E-state index is 0.236. The van der Waals surface area contributed by atoms with Crippen molar-refractivity contribution >= 4 is 11.8 Å². The zero-order valence-electron chi connectivity index (χ0n) is 18.7. The van der Waals surface area contributed by atoms with Gasteiger partial charge in [-0.05, 0) is 13.8 Å². The summed E-state index contributed by atoms with van der Waals surface area (Å²) in [5, 5.41) is 0. The van der Waals surface area contributed by atoms with E-state index in [2.05, 4.69) is 0 Å². The summed E-state index contributed by atoms with van der Waals surface area (Å²) in [5.74, 6) is -2.99. The van der Waals surface area contributed by atoms with Gasteiger partial charge in [0.2, 0.25) is 11.6 Å². The Morgan fingerprint density at radius 2 is 1.07 bits per heavy atom. The van der Waals surface area contributed by atoms with Gasteiger partial charge >= 0.3 is 0 Å². The van der Waals surface area contributed by atoms with Gasteiger partial charge in [-0.25, -0.2) is 0 Å². The molecule has 2 amide bonds. The van der Waals surface area contributed by atoms with Gasteiger partial charge in [-0.2, -0.15) is 0 Å². The van der Waals surface area contributed by atoms with Crippen molar-refractivity contribution in [3.05, 3.63) is 12.2 Å². The van der Waals surface area contributed by atoms with Crippen molar-refractivity contribution in [3.63, 3.8) is 0 Å². The number of hydrogen-bond donors (Lipinski definition) is 0.